The van der Waals surface area contributed by atoms with Crippen LogP contribution in [0, 0.1) is 11.6 Å². The van der Waals surface area contributed by atoms with Gasteiger partial charge in [0.2, 0.25) is 11.8 Å². The maximum absolute atomic E-state index is 13.5. The molecule has 0 radical (unpaired) electrons. The Labute approximate surface area is 154 Å². The molecule has 2 aromatic carbocycles. The van der Waals surface area contributed by atoms with Crippen LogP contribution in [0.2, 0.25) is 0 Å². The van der Waals surface area contributed by atoms with E-state index in [-0.39, 0.29) is 17.9 Å². The number of para-hydroxylation sites is 1. The molecule has 1 atom stereocenters. The monoisotopic (exact) mass is 371 g/mol. The van der Waals surface area contributed by atoms with Gasteiger partial charge < -0.3 is 15.6 Å². The second-order valence-electron chi connectivity index (χ2n) is 6.15. The number of halogens is 2. The van der Waals surface area contributed by atoms with Gasteiger partial charge >= 0.3 is 0 Å². The lowest BCUT2D eigenvalue weighted by atomic mass is 10.0. The summed E-state index contributed by atoms with van der Waals surface area (Å²) in [5.41, 5.74) is 2.15. The number of nitrogens with one attached hydrogen (secondary N) is 3. The number of likely N-dealkylation sites (N-methyl/N-ethyl adjacent to an activating group) is 1. The molecule has 5 nitrogen and oxygen atoms in total. The van der Waals surface area contributed by atoms with Crippen molar-refractivity contribution in [3.8, 4) is 0 Å². The van der Waals surface area contributed by atoms with E-state index < -0.39 is 23.6 Å². The van der Waals surface area contributed by atoms with Crippen molar-refractivity contribution in [3.63, 3.8) is 0 Å². The molecule has 7 heteroatoms. The molecule has 1 unspecified atom stereocenters. The summed E-state index contributed by atoms with van der Waals surface area (Å²) in [6.07, 6.45) is 2.48. The number of carbonyl (C=O) groups excluding carboxylic acids is 2. The summed E-state index contributed by atoms with van der Waals surface area (Å²) in [5.74, 6) is -2.96. The first-order valence-corrected chi connectivity index (χ1v) is 8.50. The van der Waals surface area contributed by atoms with E-state index in [0.717, 1.165) is 28.6 Å². The zero-order valence-electron chi connectivity index (χ0n) is 14.7. The van der Waals surface area contributed by atoms with Gasteiger partial charge in [0.1, 0.15) is 6.04 Å². The van der Waals surface area contributed by atoms with Gasteiger partial charge in [0, 0.05) is 30.6 Å². The van der Waals surface area contributed by atoms with Crippen molar-refractivity contribution in [2.45, 2.75) is 18.9 Å². The molecule has 0 saturated heterocycles. The SMILES string of the molecule is CNC(=O)C(NC(=O)CCc1c[nH]c2ccccc12)c1ccc(F)c(F)c1. The normalized spacial score (nSPS) is 12.0. The number of aromatic nitrogens is 1. The van der Waals surface area contributed by atoms with Crippen LogP contribution in [0.3, 0.4) is 0 Å². The van der Waals surface area contributed by atoms with Crippen molar-refractivity contribution in [2.24, 2.45) is 0 Å². The quantitative estimate of drug-likeness (QED) is 0.623. The Morgan fingerprint density at radius 1 is 1.11 bits per heavy atom. The van der Waals surface area contributed by atoms with Gasteiger partial charge in [0.25, 0.3) is 0 Å². The maximum atomic E-state index is 13.5. The fourth-order valence-corrected chi connectivity index (χ4v) is 2.96. The topological polar surface area (TPSA) is 74.0 Å². The number of hydrogen-bond acceptors (Lipinski definition) is 2. The van der Waals surface area contributed by atoms with E-state index in [4.69, 9.17) is 0 Å². The van der Waals surface area contributed by atoms with Crippen LogP contribution in [0.25, 0.3) is 10.9 Å². The molecule has 0 aliphatic rings. The Morgan fingerprint density at radius 3 is 2.63 bits per heavy atom. The summed E-state index contributed by atoms with van der Waals surface area (Å²) in [6, 6.07) is 9.78. The van der Waals surface area contributed by atoms with Gasteiger partial charge in [0.05, 0.1) is 0 Å². The molecule has 27 heavy (non-hydrogen) atoms. The van der Waals surface area contributed by atoms with E-state index >= 15 is 0 Å². The lowest BCUT2D eigenvalue weighted by molar-refractivity contribution is -0.128. The number of fused-ring (bicyclic) bond motifs is 1. The number of benzene rings is 2. The van der Waals surface area contributed by atoms with E-state index in [9.17, 15) is 18.4 Å². The summed E-state index contributed by atoms with van der Waals surface area (Å²) >= 11 is 0. The van der Waals surface area contributed by atoms with Gasteiger partial charge in [-0.1, -0.05) is 24.3 Å². The molecule has 0 saturated carbocycles. The lowest BCUT2D eigenvalue weighted by Crippen LogP contribution is -2.39. The van der Waals surface area contributed by atoms with Gasteiger partial charge in [-0.15, -0.1) is 0 Å². The van der Waals surface area contributed by atoms with E-state index in [1.807, 2.05) is 30.5 Å². The van der Waals surface area contributed by atoms with E-state index in [1.165, 1.54) is 13.1 Å². The second-order valence-corrected chi connectivity index (χ2v) is 6.15. The third-order valence-corrected chi connectivity index (χ3v) is 4.39. The molecule has 3 N–H and O–H groups in total. The van der Waals surface area contributed by atoms with Gasteiger partial charge in [-0.25, -0.2) is 8.78 Å². The zero-order valence-corrected chi connectivity index (χ0v) is 14.7. The van der Waals surface area contributed by atoms with Gasteiger partial charge in [-0.05, 0) is 35.7 Å². The highest BCUT2D eigenvalue weighted by Crippen LogP contribution is 2.20. The van der Waals surface area contributed by atoms with Gasteiger partial charge in [-0.2, -0.15) is 0 Å². The Balaban J connectivity index is 1.70. The summed E-state index contributed by atoms with van der Waals surface area (Å²) in [4.78, 5) is 27.6. The maximum Gasteiger partial charge on any atom is 0.246 e. The third-order valence-electron chi connectivity index (χ3n) is 4.39. The van der Waals surface area contributed by atoms with Crippen LogP contribution in [0.4, 0.5) is 8.78 Å². The fraction of sp³-hybridized carbons (Fsp3) is 0.200. The number of aromatic amines is 1. The minimum absolute atomic E-state index is 0.152. The van der Waals surface area contributed by atoms with E-state index in [2.05, 4.69) is 15.6 Å². The number of H-pyrrole nitrogens is 1. The largest absolute Gasteiger partial charge is 0.361 e. The van der Waals surface area contributed by atoms with Crippen molar-refractivity contribution in [1.29, 1.82) is 0 Å². The first-order valence-electron chi connectivity index (χ1n) is 8.50. The number of carbonyl (C=O) groups is 2. The van der Waals surface area contributed by atoms with Gasteiger partial charge in [-0.3, -0.25) is 9.59 Å². The Kier molecular flexibility index (Phi) is 5.49. The standard InChI is InChI=1S/C20H19F2N3O2/c1-23-20(27)19(12-6-8-15(21)16(22)10-12)25-18(26)9-7-13-11-24-17-5-3-2-4-14(13)17/h2-6,8,10-11,19,24H,7,9H2,1H3,(H,23,27)(H,25,26). The lowest BCUT2D eigenvalue weighted by Gasteiger charge is -2.18. The molecule has 2 amide bonds. The molecule has 0 fully saturated rings. The Hall–Kier alpha value is -3.22. The van der Waals surface area contributed by atoms with Crippen LogP contribution in [-0.4, -0.2) is 23.8 Å². The smallest absolute Gasteiger partial charge is 0.246 e. The van der Waals surface area contributed by atoms with Crippen molar-refractivity contribution in [3.05, 3.63) is 71.4 Å². The average molecular weight is 371 g/mol. The summed E-state index contributed by atoms with van der Waals surface area (Å²) < 4.78 is 26.7. The minimum Gasteiger partial charge on any atom is -0.361 e. The highest BCUT2D eigenvalue weighted by Gasteiger charge is 2.23. The number of aryl methyl sites for hydroxylation is 1. The highest BCUT2D eigenvalue weighted by molar-refractivity contribution is 5.89. The van der Waals surface area contributed by atoms with Crippen LogP contribution >= 0.6 is 0 Å². The Bertz CT molecular complexity index is 984. The highest BCUT2D eigenvalue weighted by atomic mass is 19.2. The molecule has 0 bridgehead atoms. The molecule has 0 aliphatic heterocycles. The number of hydrogen-bond donors (Lipinski definition) is 3. The van der Waals surface area contributed by atoms with Crippen LogP contribution in [0.15, 0.2) is 48.7 Å². The molecule has 0 aliphatic carbocycles. The van der Waals surface area contributed by atoms with Crippen molar-refractivity contribution in [1.82, 2.24) is 15.6 Å². The first kappa shape index (κ1) is 18.6. The fourth-order valence-electron chi connectivity index (χ4n) is 2.96. The summed E-state index contributed by atoms with van der Waals surface area (Å²) in [7, 11) is 1.41. The molecule has 1 heterocycles. The first-order chi connectivity index (χ1) is 13.0. The van der Waals surface area contributed by atoms with E-state index in [0.29, 0.717) is 6.42 Å². The molecular weight excluding hydrogens is 352 g/mol. The van der Waals surface area contributed by atoms with Crippen LogP contribution in [0.1, 0.15) is 23.6 Å². The van der Waals surface area contributed by atoms with Crippen LogP contribution < -0.4 is 10.6 Å². The molecule has 3 aromatic rings. The summed E-state index contributed by atoms with van der Waals surface area (Å²) in [6.45, 7) is 0. The molecule has 1 aromatic heterocycles. The van der Waals surface area contributed by atoms with Gasteiger partial charge in [0.15, 0.2) is 11.6 Å². The Morgan fingerprint density at radius 2 is 1.89 bits per heavy atom. The summed E-state index contributed by atoms with van der Waals surface area (Å²) in [5, 5.41) is 6.05. The van der Waals surface area contributed by atoms with Crippen molar-refractivity contribution in [2.75, 3.05) is 7.05 Å². The van der Waals surface area contributed by atoms with Crippen molar-refractivity contribution >= 4 is 22.7 Å². The number of amides is 2. The average Bonchev–Trinajstić information content (AvgIpc) is 3.09. The second kappa shape index (κ2) is 7.99. The number of rotatable bonds is 6. The minimum atomic E-state index is -1.10. The van der Waals surface area contributed by atoms with E-state index in [1.54, 1.807) is 0 Å². The predicted molar refractivity (Wildman–Crippen MR) is 97.9 cm³/mol. The molecule has 3 rings (SSSR count). The third kappa shape index (κ3) is 4.13. The van der Waals surface area contributed by atoms with Crippen molar-refractivity contribution < 1.29 is 18.4 Å². The van der Waals surface area contributed by atoms with Crippen LogP contribution in [-0.2, 0) is 16.0 Å². The molecular formula is C20H19F2N3O2. The van der Waals surface area contributed by atoms with Crippen LogP contribution in [0.5, 0.6) is 0 Å². The predicted octanol–water partition coefficient (Wildman–Crippen LogP) is 2.98. The molecule has 0 spiro atoms. The zero-order chi connectivity index (χ0) is 19.4. The molecule has 140 valence electrons.